The number of unbranched alkanes of at least 4 members (excludes halogenated alkanes) is 1. The van der Waals surface area contributed by atoms with Gasteiger partial charge in [-0.3, -0.25) is 4.84 Å². The van der Waals surface area contributed by atoms with Crippen LogP contribution in [0.3, 0.4) is 0 Å². The Labute approximate surface area is 292 Å². The molecule has 3 aliphatic rings. The van der Waals surface area contributed by atoms with Crippen molar-refractivity contribution in [3.8, 4) is 11.5 Å². The highest BCUT2D eigenvalue weighted by molar-refractivity contribution is 7.89. The Kier molecular flexibility index (Phi) is 12.8. The number of nitrogens with zero attached hydrogens (tertiary/aromatic N) is 1. The van der Waals surface area contributed by atoms with E-state index in [1.54, 1.807) is 0 Å². The quantitative estimate of drug-likeness (QED) is 0.160. The highest BCUT2D eigenvalue weighted by Gasteiger charge is 2.44. The summed E-state index contributed by atoms with van der Waals surface area (Å²) in [5, 5.41) is 14.6. The zero-order valence-electron chi connectivity index (χ0n) is 28.6. The molecular formula is C34H47N3O12S. The Morgan fingerprint density at radius 3 is 2.62 bits per heavy atom. The van der Waals surface area contributed by atoms with Crippen LogP contribution in [0, 0.1) is 11.3 Å². The van der Waals surface area contributed by atoms with E-state index in [0.717, 1.165) is 5.56 Å². The molecule has 15 nitrogen and oxygen atoms in total. The number of carbonyl (C=O) groups is 2. The van der Waals surface area contributed by atoms with Gasteiger partial charge in [0, 0.05) is 19.2 Å². The monoisotopic (exact) mass is 721 g/mol. The summed E-state index contributed by atoms with van der Waals surface area (Å²) in [5.41, 5.74) is 2.35. The molecule has 0 bridgehead atoms. The molecule has 0 aliphatic carbocycles. The normalized spacial score (nSPS) is 21.0. The van der Waals surface area contributed by atoms with Gasteiger partial charge in [-0.05, 0) is 55.2 Å². The number of carbonyl (C=O) groups excluding carboxylic acids is 2. The van der Waals surface area contributed by atoms with Crippen molar-refractivity contribution in [2.75, 3.05) is 46.8 Å². The van der Waals surface area contributed by atoms with Crippen LogP contribution < -0.4 is 20.3 Å². The van der Waals surface area contributed by atoms with Gasteiger partial charge in [0.05, 0.1) is 49.9 Å². The summed E-state index contributed by atoms with van der Waals surface area (Å²) >= 11 is 0. The molecule has 0 unspecified atom stereocenters. The van der Waals surface area contributed by atoms with Crippen LogP contribution in [0.15, 0.2) is 53.4 Å². The van der Waals surface area contributed by atoms with Crippen LogP contribution in [0.1, 0.15) is 45.1 Å². The summed E-state index contributed by atoms with van der Waals surface area (Å²) in [6.45, 7) is 4.44. The average Bonchev–Trinajstić information content (AvgIpc) is 3.83. The third-order valence-corrected chi connectivity index (χ3v) is 10.8. The Morgan fingerprint density at radius 1 is 1.06 bits per heavy atom. The molecule has 3 N–H and O–H groups in total. The first-order valence-corrected chi connectivity index (χ1v) is 18.2. The minimum atomic E-state index is -4.20. The van der Waals surface area contributed by atoms with Crippen molar-refractivity contribution in [2.24, 2.45) is 11.3 Å². The van der Waals surface area contributed by atoms with Gasteiger partial charge in [-0.15, -0.1) is 0 Å². The second-order valence-corrected chi connectivity index (χ2v) is 15.3. The lowest BCUT2D eigenvalue weighted by Gasteiger charge is -2.35. The Balaban J connectivity index is 1.32. The van der Waals surface area contributed by atoms with Crippen molar-refractivity contribution >= 4 is 22.2 Å². The van der Waals surface area contributed by atoms with Crippen LogP contribution >= 0.6 is 0 Å². The van der Waals surface area contributed by atoms with E-state index in [4.69, 9.17) is 28.4 Å². The van der Waals surface area contributed by atoms with Gasteiger partial charge in [-0.25, -0.2) is 18.0 Å². The first-order chi connectivity index (χ1) is 23.9. The Bertz CT molecular complexity index is 1540. The largest absolute Gasteiger partial charge is 0.454 e. The molecule has 2 aromatic rings. The summed E-state index contributed by atoms with van der Waals surface area (Å²) in [5.74, 6) is 0.670. The second-order valence-electron chi connectivity index (χ2n) is 13.4. The van der Waals surface area contributed by atoms with E-state index < -0.39 is 52.2 Å². The molecule has 0 spiro atoms. The van der Waals surface area contributed by atoms with Gasteiger partial charge >= 0.3 is 12.2 Å². The van der Waals surface area contributed by atoms with Crippen molar-refractivity contribution in [3.63, 3.8) is 0 Å². The predicted octanol–water partition coefficient (Wildman–Crippen LogP) is 3.35. The first-order valence-electron chi connectivity index (χ1n) is 16.7. The van der Waals surface area contributed by atoms with Crippen molar-refractivity contribution in [3.05, 3.63) is 54.1 Å². The van der Waals surface area contributed by atoms with Gasteiger partial charge in [0.2, 0.25) is 16.8 Å². The Hall–Kier alpha value is -3.67. The van der Waals surface area contributed by atoms with E-state index in [1.807, 2.05) is 44.2 Å². The van der Waals surface area contributed by atoms with Crippen LogP contribution in [0.4, 0.5) is 9.59 Å². The summed E-state index contributed by atoms with van der Waals surface area (Å²) in [6.07, 6.45) is -0.992. The van der Waals surface area contributed by atoms with Gasteiger partial charge in [-0.1, -0.05) is 44.2 Å². The van der Waals surface area contributed by atoms with E-state index in [-0.39, 0.29) is 50.3 Å². The number of hydrogen-bond acceptors (Lipinski definition) is 12. The van der Waals surface area contributed by atoms with E-state index in [2.05, 4.69) is 15.6 Å². The van der Waals surface area contributed by atoms with Crippen molar-refractivity contribution < 1.29 is 56.4 Å². The molecule has 2 amide bonds. The number of alkyl carbamates (subject to hydrolysis) is 1. The van der Waals surface area contributed by atoms with Crippen molar-refractivity contribution in [1.29, 1.82) is 0 Å². The molecule has 16 heteroatoms. The maximum Gasteiger partial charge on any atom is 0.431 e. The number of fused-ring (bicyclic) bond motifs is 2. The third kappa shape index (κ3) is 9.98. The Morgan fingerprint density at radius 2 is 1.84 bits per heavy atom. The molecule has 2 fully saturated rings. The zero-order valence-corrected chi connectivity index (χ0v) is 29.4. The fourth-order valence-corrected chi connectivity index (χ4v) is 7.99. The van der Waals surface area contributed by atoms with Gasteiger partial charge < -0.3 is 38.8 Å². The topological polar surface area (TPSA) is 180 Å². The molecule has 0 aromatic heterocycles. The van der Waals surface area contributed by atoms with Gasteiger partial charge in [0.15, 0.2) is 17.8 Å². The predicted molar refractivity (Wildman–Crippen MR) is 178 cm³/mol. The summed E-state index contributed by atoms with van der Waals surface area (Å²) in [7, 11) is -2.89. The van der Waals surface area contributed by atoms with Crippen LogP contribution in [-0.2, 0) is 40.2 Å². The molecule has 2 aromatic carbocycles. The fourth-order valence-electron chi connectivity index (χ4n) is 6.33. The van der Waals surface area contributed by atoms with Crippen LogP contribution in [0.5, 0.6) is 11.5 Å². The minimum absolute atomic E-state index is 0.0184. The number of aliphatic hydroxyl groups excluding tert-OH is 1. The number of hydroxylamine groups is 1. The number of benzene rings is 2. The van der Waals surface area contributed by atoms with Crippen molar-refractivity contribution in [2.45, 2.75) is 75.4 Å². The van der Waals surface area contributed by atoms with Crippen LogP contribution in [-0.4, -0.2) is 101 Å². The number of aliphatic hydroxyl groups is 1. The number of ether oxygens (including phenoxy) is 6. The zero-order chi connectivity index (χ0) is 35.7. The maximum atomic E-state index is 14.3. The van der Waals surface area contributed by atoms with Gasteiger partial charge in [-0.2, -0.15) is 9.79 Å². The highest BCUT2D eigenvalue weighted by atomic mass is 32.2. The molecule has 5 rings (SSSR count). The molecule has 2 saturated heterocycles. The number of rotatable bonds is 17. The number of amides is 2. The van der Waals surface area contributed by atoms with Crippen LogP contribution in [0.2, 0.25) is 0 Å². The van der Waals surface area contributed by atoms with Gasteiger partial charge in [0.1, 0.15) is 6.10 Å². The van der Waals surface area contributed by atoms with E-state index >= 15 is 0 Å². The van der Waals surface area contributed by atoms with Crippen LogP contribution in [0.25, 0.3) is 0 Å². The summed E-state index contributed by atoms with van der Waals surface area (Å²) in [6, 6.07) is 12.8. The number of nitrogens with one attached hydrogen (secondary N) is 2. The first kappa shape index (κ1) is 37.6. The molecule has 3 aliphatic heterocycles. The SMILES string of the molecule is CONC(=O)OCCCCC(C)(C)CN(C[C@@H](O)[C@H](Cc1ccccc1)NC(=O)O[C@H]1CO[C@H]2OCC[C@H]21)S(=O)(=O)c1ccc2c(c1)OCO2. The molecule has 0 saturated carbocycles. The van der Waals surface area contributed by atoms with E-state index in [1.165, 1.54) is 29.6 Å². The highest BCUT2D eigenvalue weighted by Crippen LogP contribution is 2.36. The summed E-state index contributed by atoms with van der Waals surface area (Å²) < 4.78 is 62.6. The second kappa shape index (κ2) is 17.0. The molecule has 276 valence electrons. The average molecular weight is 722 g/mol. The third-order valence-electron chi connectivity index (χ3n) is 8.95. The lowest BCUT2D eigenvalue weighted by molar-refractivity contribution is -0.0907. The molecule has 0 radical (unpaired) electrons. The van der Waals surface area contributed by atoms with E-state index in [9.17, 15) is 23.1 Å². The van der Waals surface area contributed by atoms with E-state index in [0.29, 0.717) is 43.8 Å². The molecule has 3 heterocycles. The molecule has 5 atom stereocenters. The smallest absolute Gasteiger partial charge is 0.431 e. The minimum Gasteiger partial charge on any atom is -0.454 e. The fraction of sp³-hybridized carbons (Fsp3) is 0.588. The lowest BCUT2D eigenvalue weighted by Crippen LogP contribution is -2.52. The number of sulfonamides is 1. The maximum absolute atomic E-state index is 14.3. The van der Waals surface area contributed by atoms with Crippen molar-refractivity contribution in [1.82, 2.24) is 15.1 Å². The summed E-state index contributed by atoms with van der Waals surface area (Å²) in [4.78, 5) is 29.3. The molecule has 50 heavy (non-hydrogen) atoms. The molecular weight excluding hydrogens is 674 g/mol. The number of hydrogen-bond donors (Lipinski definition) is 3. The van der Waals surface area contributed by atoms with Gasteiger partial charge in [0.25, 0.3) is 0 Å². The lowest BCUT2D eigenvalue weighted by atomic mass is 9.87. The standard InChI is InChI=1S/C34H47N3O12S/c1-34(2,14-7-8-15-45-33(40)36-43-3)21-37(50(41,42)24-11-12-28-29(18-24)48-22-47-28)19-27(38)26(17-23-9-5-4-6-10-23)35-32(39)49-30-20-46-31-25(30)13-16-44-31/h4-6,9-12,18,25-27,30-31,38H,7-8,13-17,19-22H2,1-3H3,(H,35,39)(H,36,40)/t25-,26-,27+,30-,31+/m0/s1.